The van der Waals surface area contributed by atoms with Crippen LogP contribution in [0.25, 0.3) is 0 Å². The normalized spacial score (nSPS) is 11.5. The summed E-state index contributed by atoms with van der Waals surface area (Å²) >= 11 is 0. The van der Waals surface area contributed by atoms with Gasteiger partial charge in [-0.3, -0.25) is 0 Å². The van der Waals surface area contributed by atoms with Crippen molar-refractivity contribution in [3.05, 3.63) is 36.4 Å². The molecule has 0 aliphatic carbocycles. The van der Waals surface area contributed by atoms with Crippen LogP contribution in [-0.4, -0.2) is 24.5 Å². The highest BCUT2D eigenvalue weighted by atomic mass is 32.2. The second-order valence-electron chi connectivity index (χ2n) is 4.46. The van der Waals surface area contributed by atoms with E-state index >= 15 is 0 Å². The topological polar surface area (TPSA) is 116 Å². The number of nitrogens with one attached hydrogen (secondary N) is 1. The predicted molar refractivity (Wildman–Crippen MR) is 77.7 cm³/mol. The van der Waals surface area contributed by atoms with Gasteiger partial charge in [-0.15, -0.1) is 0 Å². The largest absolute Gasteiger partial charge is 0.399 e. The number of nitrogens with zero attached hydrogens (tertiary/aromatic N) is 2. The van der Waals surface area contributed by atoms with Crippen LogP contribution in [0.1, 0.15) is 5.56 Å². The summed E-state index contributed by atoms with van der Waals surface area (Å²) in [4.78, 5) is 3.99. The Morgan fingerprint density at radius 1 is 1.40 bits per heavy atom. The highest BCUT2D eigenvalue weighted by molar-refractivity contribution is 7.89. The second-order valence-corrected chi connectivity index (χ2v) is 5.99. The Hall–Kier alpha value is -2.06. The predicted octanol–water partition coefficient (Wildman–Crippen LogP) is 0.533. The number of anilines is 2. The maximum absolute atomic E-state index is 11.5. The molecular formula is C12H17N5O2S. The molecule has 1 aromatic carbocycles. The molecule has 8 heteroatoms. The molecule has 5 N–H and O–H groups in total. The van der Waals surface area contributed by atoms with Gasteiger partial charge in [0, 0.05) is 36.9 Å². The summed E-state index contributed by atoms with van der Waals surface area (Å²) in [7, 11) is -3.78. The van der Waals surface area contributed by atoms with Crippen LogP contribution in [0, 0.1) is 6.92 Å². The van der Waals surface area contributed by atoms with Gasteiger partial charge in [-0.1, -0.05) is 0 Å². The highest BCUT2D eigenvalue weighted by Crippen LogP contribution is 2.25. The first-order valence-electron chi connectivity index (χ1n) is 6.00. The number of imidazole rings is 1. The minimum absolute atomic E-state index is 0.0441. The van der Waals surface area contributed by atoms with Crippen molar-refractivity contribution >= 4 is 21.4 Å². The van der Waals surface area contributed by atoms with E-state index in [9.17, 15) is 8.42 Å². The lowest BCUT2D eigenvalue weighted by atomic mass is 10.2. The molecule has 0 saturated carbocycles. The van der Waals surface area contributed by atoms with Crippen molar-refractivity contribution in [1.29, 1.82) is 0 Å². The van der Waals surface area contributed by atoms with E-state index in [-0.39, 0.29) is 4.90 Å². The van der Waals surface area contributed by atoms with Gasteiger partial charge >= 0.3 is 0 Å². The summed E-state index contributed by atoms with van der Waals surface area (Å²) in [5.41, 5.74) is 7.29. The van der Waals surface area contributed by atoms with E-state index in [1.54, 1.807) is 25.5 Å². The summed E-state index contributed by atoms with van der Waals surface area (Å²) < 4.78 is 24.9. The van der Waals surface area contributed by atoms with Crippen LogP contribution in [0.4, 0.5) is 11.4 Å². The molecule has 20 heavy (non-hydrogen) atoms. The van der Waals surface area contributed by atoms with Crippen LogP contribution in [0.2, 0.25) is 0 Å². The number of rotatable bonds is 5. The van der Waals surface area contributed by atoms with E-state index in [2.05, 4.69) is 10.3 Å². The Morgan fingerprint density at radius 2 is 2.15 bits per heavy atom. The number of benzene rings is 1. The number of nitrogen functional groups attached to an aromatic ring is 1. The molecule has 108 valence electrons. The molecule has 0 radical (unpaired) electrons. The van der Waals surface area contributed by atoms with Gasteiger partial charge in [0.25, 0.3) is 0 Å². The van der Waals surface area contributed by atoms with Crippen molar-refractivity contribution in [2.24, 2.45) is 5.14 Å². The lowest BCUT2D eigenvalue weighted by molar-refractivity contribution is 0.597. The standard InChI is InChI=1S/C12H17N5O2S/c1-9-11(16-3-5-17-4-2-15-8-17)6-10(13)7-12(9)20(14,18)19/h2,4,6-8,16H,3,5,13H2,1H3,(H2,14,18,19). The second kappa shape index (κ2) is 5.51. The van der Waals surface area contributed by atoms with Gasteiger partial charge in [0.05, 0.1) is 11.2 Å². The molecular weight excluding hydrogens is 278 g/mol. The Labute approximate surface area is 117 Å². The average molecular weight is 295 g/mol. The average Bonchev–Trinajstić information content (AvgIpc) is 2.84. The van der Waals surface area contributed by atoms with E-state index in [0.717, 1.165) is 0 Å². The minimum atomic E-state index is -3.78. The molecule has 7 nitrogen and oxygen atoms in total. The van der Waals surface area contributed by atoms with Gasteiger partial charge in [0.2, 0.25) is 10.0 Å². The fraction of sp³-hybridized carbons (Fsp3) is 0.250. The molecule has 0 unspecified atom stereocenters. The van der Waals surface area contributed by atoms with Crippen LogP contribution in [0.5, 0.6) is 0 Å². The van der Waals surface area contributed by atoms with Crippen LogP contribution >= 0.6 is 0 Å². The molecule has 0 spiro atoms. The summed E-state index contributed by atoms with van der Waals surface area (Å²) in [6, 6.07) is 3.06. The van der Waals surface area contributed by atoms with Crippen molar-refractivity contribution in [1.82, 2.24) is 9.55 Å². The highest BCUT2D eigenvalue weighted by Gasteiger charge is 2.15. The smallest absolute Gasteiger partial charge is 0.238 e. The first-order chi connectivity index (χ1) is 9.38. The van der Waals surface area contributed by atoms with Gasteiger partial charge in [0.1, 0.15) is 0 Å². The summed E-state index contributed by atoms with van der Waals surface area (Å²) in [6.45, 7) is 3.02. The Kier molecular flexibility index (Phi) is 3.96. The van der Waals surface area contributed by atoms with E-state index < -0.39 is 10.0 Å². The van der Waals surface area contributed by atoms with E-state index in [0.29, 0.717) is 30.0 Å². The van der Waals surface area contributed by atoms with Crippen LogP contribution in [0.3, 0.4) is 0 Å². The Balaban J connectivity index is 2.17. The van der Waals surface area contributed by atoms with Crippen molar-refractivity contribution in [2.45, 2.75) is 18.4 Å². The third-order valence-corrected chi connectivity index (χ3v) is 3.97. The zero-order valence-electron chi connectivity index (χ0n) is 11.1. The van der Waals surface area contributed by atoms with Crippen molar-refractivity contribution in [3.63, 3.8) is 0 Å². The number of nitrogens with two attached hydrogens (primary N) is 2. The minimum Gasteiger partial charge on any atom is -0.399 e. The first-order valence-corrected chi connectivity index (χ1v) is 7.55. The molecule has 0 aliphatic rings. The van der Waals surface area contributed by atoms with Gasteiger partial charge in [0.15, 0.2) is 0 Å². The monoisotopic (exact) mass is 295 g/mol. The number of hydrogen-bond donors (Lipinski definition) is 3. The molecule has 0 amide bonds. The van der Waals surface area contributed by atoms with Gasteiger partial charge < -0.3 is 15.6 Å². The van der Waals surface area contributed by atoms with E-state index in [4.69, 9.17) is 10.9 Å². The Morgan fingerprint density at radius 3 is 2.75 bits per heavy atom. The summed E-state index contributed by atoms with van der Waals surface area (Å²) in [5.74, 6) is 0. The van der Waals surface area contributed by atoms with Crippen molar-refractivity contribution < 1.29 is 8.42 Å². The SMILES string of the molecule is Cc1c(NCCn2ccnc2)cc(N)cc1S(N)(=O)=O. The quantitative estimate of drug-likeness (QED) is 0.696. The molecule has 1 aromatic heterocycles. The van der Waals surface area contributed by atoms with Crippen LogP contribution in [-0.2, 0) is 16.6 Å². The fourth-order valence-electron chi connectivity index (χ4n) is 1.93. The van der Waals surface area contributed by atoms with Gasteiger partial charge in [-0.25, -0.2) is 18.5 Å². The number of sulfonamides is 1. The third kappa shape index (κ3) is 3.28. The zero-order valence-corrected chi connectivity index (χ0v) is 11.9. The summed E-state index contributed by atoms with van der Waals surface area (Å²) in [6.07, 6.45) is 5.26. The van der Waals surface area contributed by atoms with Gasteiger partial charge in [-0.2, -0.15) is 0 Å². The van der Waals surface area contributed by atoms with Crippen LogP contribution in [0.15, 0.2) is 35.7 Å². The van der Waals surface area contributed by atoms with E-state index in [1.807, 2.05) is 10.8 Å². The number of hydrogen-bond acceptors (Lipinski definition) is 5. The molecule has 0 bridgehead atoms. The molecule has 1 heterocycles. The first kappa shape index (κ1) is 14.4. The van der Waals surface area contributed by atoms with Crippen LogP contribution < -0.4 is 16.2 Å². The molecule has 0 fully saturated rings. The maximum atomic E-state index is 11.5. The lowest BCUT2D eigenvalue weighted by Crippen LogP contribution is -2.16. The zero-order chi connectivity index (χ0) is 14.8. The fourth-order valence-corrected chi connectivity index (χ4v) is 2.76. The third-order valence-electron chi connectivity index (χ3n) is 2.93. The molecule has 0 atom stereocenters. The molecule has 2 aromatic rings. The van der Waals surface area contributed by atoms with Crippen molar-refractivity contribution in [2.75, 3.05) is 17.6 Å². The number of aromatic nitrogens is 2. The lowest BCUT2D eigenvalue weighted by Gasteiger charge is -2.14. The van der Waals surface area contributed by atoms with Gasteiger partial charge in [-0.05, 0) is 24.6 Å². The molecule has 0 aliphatic heterocycles. The molecule has 2 rings (SSSR count). The van der Waals surface area contributed by atoms with E-state index in [1.165, 1.54) is 6.07 Å². The summed E-state index contributed by atoms with van der Waals surface area (Å²) in [5, 5.41) is 8.33. The maximum Gasteiger partial charge on any atom is 0.238 e. The molecule has 0 saturated heterocycles. The van der Waals surface area contributed by atoms with Crippen molar-refractivity contribution in [3.8, 4) is 0 Å². The number of primary sulfonamides is 1. The Bertz CT molecular complexity index is 695.